The standard InChI is InChI=1S/C21H28N4O3S2/c1-4-12-24-20(17-9-7-6-8-10-17)22-23-21(24)29-14-19(26)25(16(3)5-2)18-11-13-30(27,28)15-18/h4,6-10,16,18H,1,5,11-15H2,2-3H3. The largest absolute Gasteiger partial charge is 0.335 e. The summed E-state index contributed by atoms with van der Waals surface area (Å²) in [6.07, 6.45) is 3.06. The molecule has 7 nitrogen and oxygen atoms in total. The third kappa shape index (κ3) is 5.13. The lowest BCUT2D eigenvalue weighted by Gasteiger charge is -2.33. The van der Waals surface area contributed by atoms with Gasteiger partial charge in [-0.1, -0.05) is 55.1 Å². The normalized spacial score (nSPS) is 18.8. The highest BCUT2D eigenvalue weighted by atomic mass is 32.2. The first-order chi connectivity index (χ1) is 14.4. The number of amides is 1. The van der Waals surface area contributed by atoms with Crippen LogP contribution in [0.1, 0.15) is 26.7 Å². The molecule has 0 N–H and O–H groups in total. The van der Waals surface area contributed by atoms with Gasteiger partial charge in [-0.3, -0.25) is 9.36 Å². The molecule has 0 saturated carbocycles. The Labute approximate surface area is 182 Å². The van der Waals surface area contributed by atoms with E-state index in [1.807, 2.05) is 48.7 Å². The van der Waals surface area contributed by atoms with Gasteiger partial charge < -0.3 is 4.90 Å². The van der Waals surface area contributed by atoms with Gasteiger partial charge in [0.1, 0.15) is 0 Å². The maximum atomic E-state index is 13.1. The van der Waals surface area contributed by atoms with Gasteiger partial charge in [0.25, 0.3) is 0 Å². The van der Waals surface area contributed by atoms with E-state index in [4.69, 9.17) is 0 Å². The van der Waals surface area contributed by atoms with Crippen LogP contribution in [0.3, 0.4) is 0 Å². The van der Waals surface area contributed by atoms with Crippen LogP contribution in [0.15, 0.2) is 48.1 Å². The number of benzene rings is 1. The Hall–Kier alpha value is -2.13. The molecule has 2 unspecified atom stereocenters. The van der Waals surface area contributed by atoms with Crippen LogP contribution in [0.4, 0.5) is 0 Å². The number of hydrogen-bond acceptors (Lipinski definition) is 6. The zero-order chi connectivity index (χ0) is 21.7. The lowest BCUT2D eigenvalue weighted by atomic mass is 10.1. The second-order valence-corrected chi connectivity index (χ2v) is 10.6. The van der Waals surface area contributed by atoms with Crippen LogP contribution in [0.5, 0.6) is 0 Å². The van der Waals surface area contributed by atoms with E-state index >= 15 is 0 Å². The van der Waals surface area contributed by atoms with Crippen molar-refractivity contribution in [3.63, 3.8) is 0 Å². The summed E-state index contributed by atoms with van der Waals surface area (Å²) in [5.74, 6) is 1.06. The molecule has 1 aromatic carbocycles. The molecule has 162 valence electrons. The maximum Gasteiger partial charge on any atom is 0.233 e. The number of thioether (sulfide) groups is 1. The third-order valence-electron chi connectivity index (χ3n) is 5.34. The summed E-state index contributed by atoms with van der Waals surface area (Å²) in [7, 11) is -3.06. The van der Waals surface area contributed by atoms with Gasteiger partial charge in [0.15, 0.2) is 20.8 Å². The molecule has 0 radical (unpaired) electrons. The molecular formula is C21H28N4O3S2. The monoisotopic (exact) mass is 448 g/mol. The molecule has 0 aliphatic carbocycles. The average Bonchev–Trinajstić information content (AvgIpc) is 3.30. The van der Waals surface area contributed by atoms with Gasteiger partial charge >= 0.3 is 0 Å². The van der Waals surface area contributed by atoms with Gasteiger partial charge in [-0.2, -0.15) is 0 Å². The molecule has 1 fully saturated rings. The molecule has 1 saturated heterocycles. The Morgan fingerprint density at radius 2 is 2.10 bits per heavy atom. The summed E-state index contributed by atoms with van der Waals surface area (Å²) >= 11 is 1.33. The summed E-state index contributed by atoms with van der Waals surface area (Å²) in [6, 6.07) is 9.50. The minimum Gasteiger partial charge on any atom is -0.335 e. The molecule has 2 aromatic rings. The molecule has 1 aliphatic heterocycles. The van der Waals surface area contributed by atoms with Crippen LogP contribution in [-0.2, 0) is 21.2 Å². The molecule has 9 heteroatoms. The minimum absolute atomic E-state index is 0.0117. The average molecular weight is 449 g/mol. The Kier molecular flexibility index (Phi) is 7.36. The highest BCUT2D eigenvalue weighted by molar-refractivity contribution is 7.99. The van der Waals surface area contributed by atoms with Gasteiger partial charge in [-0.15, -0.1) is 16.8 Å². The fourth-order valence-electron chi connectivity index (χ4n) is 3.69. The fraction of sp³-hybridized carbons (Fsp3) is 0.476. The van der Waals surface area contributed by atoms with Crippen molar-refractivity contribution >= 4 is 27.5 Å². The molecule has 3 rings (SSSR count). The molecule has 0 spiro atoms. The van der Waals surface area contributed by atoms with Crippen molar-refractivity contribution in [1.29, 1.82) is 0 Å². The van der Waals surface area contributed by atoms with Gasteiger partial charge in [0.05, 0.1) is 17.3 Å². The van der Waals surface area contributed by atoms with Gasteiger partial charge in [0.2, 0.25) is 5.91 Å². The number of sulfone groups is 1. The van der Waals surface area contributed by atoms with E-state index in [1.165, 1.54) is 11.8 Å². The number of nitrogens with zero attached hydrogens (tertiary/aromatic N) is 4. The lowest BCUT2D eigenvalue weighted by Crippen LogP contribution is -2.47. The first kappa shape index (κ1) is 22.6. The molecule has 0 bridgehead atoms. The SMILES string of the molecule is C=CCn1c(SCC(=O)N(C(C)CC)C2CCS(=O)(=O)C2)nnc1-c1ccccc1. The first-order valence-electron chi connectivity index (χ1n) is 10.1. The summed E-state index contributed by atoms with van der Waals surface area (Å²) < 4.78 is 25.8. The van der Waals surface area contributed by atoms with E-state index in [2.05, 4.69) is 16.8 Å². The van der Waals surface area contributed by atoms with Crippen molar-refractivity contribution in [2.75, 3.05) is 17.3 Å². The smallest absolute Gasteiger partial charge is 0.233 e. The number of aromatic nitrogens is 3. The van der Waals surface area contributed by atoms with E-state index < -0.39 is 9.84 Å². The summed E-state index contributed by atoms with van der Waals surface area (Å²) in [5, 5.41) is 9.25. The van der Waals surface area contributed by atoms with Crippen LogP contribution < -0.4 is 0 Å². The predicted octanol–water partition coefficient (Wildman–Crippen LogP) is 3.04. The highest BCUT2D eigenvalue weighted by Gasteiger charge is 2.36. The van der Waals surface area contributed by atoms with E-state index in [1.54, 1.807) is 11.0 Å². The minimum atomic E-state index is -3.06. The maximum absolute atomic E-state index is 13.1. The summed E-state index contributed by atoms with van der Waals surface area (Å²) in [4.78, 5) is 14.9. The topological polar surface area (TPSA) is 85.2 Å². The van der Waals surface area contributed by atoms with E-state index in [0.717, 1.165) is 17.8 Å². The predicted molar refractivity (Wildman–Crippen MR) is 120 cm³/mol. The number of allylic oxidation sites excluding steroid dienone is 1. The van der Waals surface area contributed by atoms with Crippen molar-refractivity contribution in [3.05, 3.63) is 43.0 Å². The van der Waals surface area contributed by atoms with Crippen LogP contribution in [0, 0.1) is 0 Å². The van der Waals surface area contributed by atoms with Crippen molar-refractivity contribution in [2.24, 2.45) is 0 Å². The van der Waals surface area contributed by atoms with Crippen molar-refractivity contribution < 1.29 is 13.2 Å². The Balaban J connectivity index is 1.77. The van der Waals surface area contributed by atoms with Gasteiger partial charge in [-0.05, 0) is 19.8 Å². The van der Waals surface area contributed by atoms with Gasteiger partial charge in [-0.25, -0.2) is 8.42 Å². The third-order valence-corrected chi connectivity index (χ3v) is 8.04. The lowest BCUT2D eigenvalue weighted by molar-refractivity contribution is -0.132. The molecule has 2 atom stereocenters. The second-order valence-electron chi connectivity index (χ2n) is 7.48. The van der Waals surface area contributed by atoms with Crippen LogP contribution >= 0.6 is 11.8 Å². The molecule has 1 aromatic heterocycles. The van der Waals surface area contributed by atoms with E-state index in [9.17, 15) is 13.2 Å². The Morgan fingerprint density at radius 1 is 1.37 bits per heavy atom. The highest BCUT2D eigenvalue weighted by Crippen LogP contribution is 2.26. The summed E-state index contributed by atoms with van der Waals surface area (Å²) in [6.45, 7) is 8.33. The van der Waals surface area contributed by atoms with Crippen molar-refractivity contribution in [1.82, 2.24) is 19.7 Å². The first-order valence-corrected chi connectivity index (χ1v) is 12.9. The zero-order valence-corrected chi connectivity index (χ0v) is 19.0. The van der Waals surface area contributed by atoms with Gasteiger partial charge in [0, 0.05) is 24.2 Å². The quantitative estimate of drug-likeness (QED) is 0.433. The van der Waals surface area contributed by atoms with Crippen LogP contribution in [0.25, 0.3) is 11.4 Å². The summed E-state index contributed by atoms with van der Waals surface area (Å²) in [5.41, 5.74) is 0.947. The van der Waals surface area contributed by atoms with Crippen LogP contribution in [0.2, 0.25) is 0 Å². The fourth-order valence-corrected chi connectivity index (χ4v) is 6.22. The van der Waals surface area contributed by atoms with Crippen molar-refractivity contribution in [3.8, 4) is 11.4 Å². The number of rotatable bonds is 9. The molecule has 30 heavy (non-hydrogen) atoms. The molecule has 2 heterocycles. The number of carbonyl (C=O) groups is 1. The molecule has 1 aliphatic rings. The Morgan fingerprint density at radius 3 is 2.70 bits per heavy atom. The number of carbonyl (C=O) groups excluding carboxylic acids is 1. The second kappa shape index (κ2) is 9.78. The Bertz CT molecular complexity index is 989. The van der Waals surface area contributed by atoms with E-state index in [0.29, 0.717) is 18.1 Å². The van der Waals surface area contributed by atoms with E-state index in [-0.39, 0.29) is 35.2 Å². The van der Waals surface area contributed by atoms with Crippen molar-refractivity contribution in [2.45, 2.75) is 50.5 Å². The zero-order valence-electron chi connectivity index (χ0n) is 17.4. The van der Waals surface area contributed by atoms with Crippen LogP contribution in [-0.4, -0.2) is 63.3 Å². The number of hydrogen-bond donors (Lipinski definition) is 0. The molecule has 1 amide bonds. The molecular weight excluding hydrogens is 420 g/mol.